The van der Waals surface area contributed by atoms with Crippen molar-refractivity contribution in [2.24, 2.45) is 5.92 Å². The second-order valence-electron chi connectivity index (χ2n) is 11.2. The molecule has 2 saturated heterocycles. The van der Waals surface area contributed by atoms with Crippen molar-refractivity contribution in [2.75, 3.05) is 40.3 Å². The van der Waals surface area contributed by atoms with Gasteiger partial charge in [-0.3, -0.25) is 9.78 Å². The van der Waals surface area contributed by atoms with Gasteiger partial charge < -0.3 is 15.1 Å². The first kappa shape index (κ1) is 27.2. The van der Waals surface area contributed by atoms with Gasteiger partial charge in [0, 0.05) is 36.7 Å². The van der Waals surface area contributed by atoms with Crippen LogP contribution in [0.15, 0.2) is 55.5 Å². The summed E-state index contributed by atoms with van der Waals surface area (Å²) in [6, 6.07) is 8.48. The van der Waals surface area contributed by atoms with E-state index >= 15 is 0 Å². The fourth-order valence-corrected chi connectivity index (χ4v) is 5.63. The highest BCUT2D eigenvalue weighted by Gasteiger charge is 2.23. The first-order valence-corrected chi connectivity index (χ1v) is 14.1. The van der Waals surface area contributed by atoms with Gasteiger partial charge in [0.05, 0.1) is 16.8 Å². The number of aromatic nitrogens is 3. The van der Waals surface area contributed by atoms with Crippen LogP contribution >= 0.6 is 0 Å². The van der Waals surface area contributed by atoms with Crippen molar-refractivity contribution in [3.8, 4) is 0 Å². The van der Waals surface area contributed by atoms with Crippen LogP contribution in [-0.4, -0.2) is 77.0 Å². The number of carbonyl (C=O) groups is 1. The van der Waals surface area contributed by atoms with Crippen LogP contribution in [0.3, 0.4) is 0 Å². The topological polar surface area (TPSA) is 74.2 Å². The molecule has 3 aliphatic rings. The lowest BCUT2D eigenvalue weighted by molar-refractivity contribution is 0.0916. The normalized spacial score (nSPS) is 18.7. The molecule has 0 atom stereocenters. The molecule has 0 unspecified atom stereocenters. The lowest BCUT2D eigenvalue weighted by Gasteiger charge is -2.29. The number of nitrogens with one attached hydrogen (secondary N) is 1. The molecule has 1 aromatic carbocycles. The zero-order valence-electron chi connectivity index (χ0n) is 23.5. The molecule has 0 spiro atoms. The van der Waals surface area contributed by atoms with Gasteiger partial charge in [-0.25, -0.2) is 9.97 Å². The van der Waals surface area contributed by atoms with Gasteiger partial charge >= 0.3 is 0 Å². The maximum Gasteiger partial charge on any atom is 0.253 e. The maximum absolute atomic E-state index is 12.9. The zero-order chi connectivity index (χ0) is 27.4. The summed E-state index contributed by atoms with van der Waals surface area (Å²) >= 11 is 0. The summed E-state index contributed by atoms with van der Waals surface area (Å²) in [5.74, 6) is 0.759. The highest BCUT2D eigenvalue weighted by Crippen LogP contribution is 2.33. The van der Waals surface area contributed by atoms with Gasteiger partial charge in [-0.05, 0) is 108 Å². The van der Waals surface area contributed by atoms with Crippen LogP contribution in [-0.2, 0) is 6.42 Å². The average Bonchev–Trinajstić information content (AvgIpc) is 3.38. The van der Waals surface area contributed by atoms with E-state index in [1.54, 1.807) is 12.5 Å². The number of allylic oxidation sites excluding steroid dienone is 2. The molecule has 7 nitrogen and oxygen atoms in total. The molecule has 1 aliphatic carbocycles. The number of rotatable bonds is 4. The predicted molar refractivity (Wildman–Crippen MR) is 160 cm³/mol. The number of amides is 1. The Morgan fingerprint density at radius 2 is 1.74 bits per heavy atom. The first-order chi connectivity index (χ1) is 18.9. The largest absolute Gasteiger partial charge is 0.349 e. The molecule has 0 bridgehead atoms. The highest BCUT2D eigenvalue weighted by molar-refractivity contribution is 5.97. The number of fused-ring (bicyclic) bond motifs is 2. The maximum atomic E-state index is 12.9. The number of piperidine rings is 2. The number of carbonyl (C=O) groups excluding carboxylic acids is 1. The molecule has 2 aromatic heterocycles. The Bertz CT molecular complexity index is 1370. The molecule has 0 saturated carbocycles. The number of likely N-dealkylation sites (tertiary alicyclic amines) is 2. The quantitative estimate of drug-likeness (QED) is 0.487. The van der Waals surface area contributed by atoms with Crippen LogP contribution in [0.5, 0.6) is 0 Å². The van der Waals surface area contributed by atoms with E-state index in [0.29, 0.717) is 5.56 Å². The molecule has 1 amide bonds. The first-order valence-electron chi connectivity index (χ1n) is 14.1. The van der Waals surface area contributed by atoms with Crippen molar-refractivity contribution in [1.82, 2.24) is 30.1 Å². The summed E-state index contributed by atoms with van der Waals surface area (Å²) in [6.45, 7) is 10.3. The van der Waals surface area contributed by atoms with Crippen molar-refractivity contribution < 1.29 is 6.22 Å². The SMILES string of the molecule is C=CC1CCN(C)CC1.Cc1ncnc2ccc(C3=CCc4ncc(C(=O)NC5CCN(C)CC5)cc43)cc12.[HH]. The van der Waals surface area contributed by atoms with Crippen molar-refractivity contribution >= 4 is 22.4 Å². The highest BCUT2D eigenvalue weighted by atomic mass is 16.1. The Kier molecular flexibility index (Phi) is 8.48. The summed E-state index contributed by atoms with van der Waals surface area (Å²) in [5, 5.41) is 4.24. The minimum absolute atomic E-state index is 0. The van der Waals surface area contributed by atoms with Gasteiger partial charge in [0.1, 0.15) is 6.33 Å². The molecule has 0 radical (unpaired) electrons. The lowest BCUT2D eigenvalue weighted by Crippen LogP contribution is -2.43. The Morgan fingerprint density at radius 3 is 2.46 bits per heavy atom. The second kappa shape index (κ2) is 12.2. The molecular formula is C32H42N6O. The summed E-state index contributed by atoms with van der Waals surface area (Å²) in [5.41, 5.74) is 6.81. The molecule has 2 fully saturated rings. The van der Waals surface area contributed by atoms with E-state index < -0.39 is 0 Å². The fraction of sp³-hybridized carbons (Fsp3) is 0.438. The Hall–Kier alpha value is -3.42. The summed E-state index contributed by atoms with van der Waals surface area (Å²) < 4.78 is 0. The minimum atomic E-state index is -0.0335. The second-order valence-corrected chi connectivity index (χ2v) is 11.2. The molecular weight excluding hydrogens is 484 g/mol. The minimum Gasteiger partial charge on any atom is -0.349 e. The molecule has 206 valence electrons. The van der Waals surface area contributed by atoms with Gasteiger partial charge in [0.2, 0.25) is 0 Å². The van der Waals surface area contributed by atoms with Crippen molar-refractivity contribution in [3.63, 3.8) is 0 Å². The van der Waals surface area contributed by atoms with Gasteiger partial charge in [-0.2, -0.15) is 0 Å². The van der Waals surface area contributed by atoms with E-state index in [9.17, 15) is 4.79 Å². The van der Waals surface area contributed by atoms with Crippen LogP contribution in [0, 0.1) is 12.8 Å². The summed E-state index contributed by atoms with van der Waals surface area (Å²) in [6.07, 6.45) is 13.0. The van der Waals surface area contributed by atoms with Crippen molar-refractivity contribution in [2.45, 2.75) is 45.1 Å². The summed E-state index contributed by atoms with van der Waals surface area (Å²) in [7, 11) is 4.30. The molecule has 7 heteroatoms. The summed E-state index contributed by atoms with van der Waals surface area (Å²) in [4.78, 5) is 30.8. The third-order valence-electron chi connectivity index (χ3n) is 8.32. The standard InChI is InChI=1S/C24H25N5O.C8H15N.H2/c1-15-20-11-16(3-5-22(20)27-14-26-15)19-4-6-23-21(19)12-17(13-25-23)24(30)28-18-7-9-29(2)10-8-18;1-3-8-4-6-9(2)7-5-8;/h3-5,11-14,18H,6-10H2,1-2H3,(H,28,30);3,8H,1,4-7H2,2H3;1H. The monoisotopic (exact) mass is 526 g/mol. The van der Waals surface area contributed by atoms with Crippen LogP contribution in [0.25, 0.3) is 16.5 Å². The van der Waals surface area contributed by atoms with Crippen molar-refractivity contribution in [1.29, 1.82) is 0 Å². The third kappa shape index (κ3) is 6.43. The van der Waals surface area contributed by atoms with Gasteiger partial charge in [-0.15, -0.1) is 6.58 Å². The van der Waals surface area contributed by atoms with E-state index in [-0.39, 0.29) is 13.4 Å². The third-order valence-corrected chi connectivity index (χ3v) is 8.32. The van der Waals surface area contributed by atoms with Crippen LogP contribution in [0.2, 0.25) is 0 Å². The molecule has 4 heterocycles. The number of aryl methyl sites for hydroxylation is 1. The fourth-order valence-electron chi connectivity index (χ4n) is 5.63. The van der Waals surface area contributed by atoms with Gasteiger partial charge in [0.15, 0.2) is 0 Å². The van der Waals surface area contributed by atoms with E-state index in [0.717, 1.165) is 77.3 Å². The molecule has 39 heavy (non-hydrogen) atoms. The molecule has 6 rings (SSSR count). The van der Waals surface area contributed by atoms with Crippen LogP contribution in [0.1, 0.15) is 60.0 Å². The van der Waals surface area contributed by atoms with E-state index in [4.69, 9.17) is 0 Å². The van der Waals surface area contributed by atoms with Gasteiger partial charge in [-0.1, -0.05) is 18.2 Å². The molecule has 2 aliphatic heterocycles. The van der Waals surface area contributed by atoms with Crippen LogP contribution in [0.4, 0.5) is 0 Å². The lowest BCUT2D eigenvalue weighted by atomic mass is 9.98. The van der Waals surface area contributed by atoms with Gasteiger partial charge in [0.25, 0.3) is 5.91 Å². The smallest absolute Gasteiger partial charge is 0.253 e. The number of benzene rings is 1. The number of pyridine rings is 1. The average molecular weight is 527 g/mol. The van der Waals surface area contributed by atoms with Crippen LogP contribution < -0.4 is 5.32 Å². The Labute approximate surface area is 233 Å². The molecule has 3 aromatic rings. The number of nitrogens with zero attached hydrogens (tertiary/aromatic N) is 5. The number of hydrogen-bond donors (Lipinski definition) is 1. The number of hydrogen-bond acceptors (Lipinski definition) is 6. The Balaban J connectivity index is 0.000000317. The van der Waals surface area contributed by atoms with Crippen molar-refractivity contribution in [3.05, 3.63) is 83.6 Å². The van der Waals surface area contributed by atoms with E-state index in [1.165, 1.54) is 25.9 Å². The predicted octanol–water partition coefficient (Wildman–Crippen LogP) is 4.91. The van der Waals surface area contributed by atoms with E-state index in [2.05, 4.69) is 75.0 Å². The molecule has 1 N–H and O–H groups in total. The zero-order valence-corrected chi connectivity index (χ0v) is 23.5. The Morgan fingerprint density at radius 1 is 1.03 bits per heavy atom. The van der Waals surface area contributed by atoms with E-state index in [1.807, 2.05) is 19.1 Å².